The number of fused-ring (bicyclic) bond motifs is 1. The zero-order valence-electron chi connectivity index (χ0n) is 13.3. The second-order valence-electron chi connectivity index (χ2n) is 6.10. The van der Waals surface area contributed by atoms with Gasteiger partial charge in [0.1, 0.15) is 5.01 Å². The van der Waals surface area contributed by atoms with E-state index in [1.807, 2.05) is 19.0 Å². The predicted molar refractivity (Wildman–Crippen MR) is 91.0 cm³/mol. The molecule has 8 nitrogen and oxygen atoms in total. The van der Waals surface area contributed by atoms with Gasteiger partial charge in [0.2, 0.25) is 4.96 Å². The van der Waals surface area contributed by atoms with Crippen LogP contribution < -0.4 is 16.0 Å². The lowest BCUT2D eigenvalue weighted by molar-refractivity contribution is 0.625. The number of hydrogen-bond donors (Lipinski definition) is 0. The fraction of sp³-hybridized carbons (Fsp3) is 0.400. The molecule has 4 rings (SSSR count). The molecule has 1 aliphatic carbocycles. The molecular formula is C15H16N6O2S. The first-order valence-electron chi connectivity index (χ1n) is 7.65. The number of nitrogens with zero attached hydrogens (tertiary/aromatic N) is 6. The summed E-state index contributed by atoms with van der Waals surface area (Å²) in [5.74, 6) is 0.474. The van der Waals surface area contributed by atoms with Crippen LogP contribution in [0.4, 0.5) is 5.69 Å². The molecule has 9 heteroatoms. The van der Waals surface area contributed by atoms with E-state index in [9.17, 15) is 9.59 Å². The zero-order valence-corrected chi connectivity index (χ0v) is 14.2. The van der Waals surface area contributed by atoms with Crippen molar-refractivity contribution >= 4 is 22.0 Å². The SMILES string of the molecule is CN(C)c1cnn(Cc2cc(=O)n3nc(C4CC4)sc3n2)c(=O)c1. The van der Waals surface area contributed by atoms with Crippen LogP contribution in [0, 0.1) is 0 Å². The van der Waals surface area contributed by atoms with Crippen LogP contribution in [0.25, 0.3) is 4.96 Å². The summed E-state index contributed by atoms with van der Waals surface area (Å²) in [5.41, 5.74) is 0.789. The lowest BCUT2D eigenvalue weighted by atomic mass is 10.4. The summed E-state index contributed by atoms with van der Waals surface area (Å²) >= 11 is 1.44. The topological polar surface area (TPSA) is 85.4 Å². The van der Waals surface area contributed by atoms with Crippen molar-refractivity contribution < 1.29 is 0 Å². The molecule has 124 valence electrons. The van der Waals surface area contributed by atoms with Crippen molar-refractivity contribution in [3.8, 4) is 0 Å². The third-order valence-corrected chi connectivity index (χ3v) is 4.99. The molecule has 1 aliphatic rings. The molecule has 0 aromatic carbocycles. The van der Waals surface area contributed by atoms with Gasteiger partial charge in [-0.2, -0.15) is 14.7 Å². The van der Waals surface area contributed by atoms with Crippen molar-refractivity contribution in [2.24, 2.45) is 0 Å². The van der Waals surface area contributed by atoms with Crippen LogP contribution in [0.2, 0.25) is 0 Å². The Balaban J connectivity index is 1.69. The zero-order chi connectivity index (χ0) is 16.8. The molecule has 0 amide bonds. The molecule has 24 heavy (non-hydrogen) atoms. The van der Waals surface area contributed by atoms with Crippen molar-refractivity contribution in [1.29, 1.82) is 0 Å². The first kappa shape index (κ1) is 15.0. The highest BCUT2D eigenvalue weighted by molar-refractivity contribution is 7.16. The fourth-order valence-electron chi connectivity index (χ4n) is 2.39. The van der Waals surface area contributed by atoms with Crippen molar-refractivity contribution in [1.82, 2.24) is 24.4 Å². The Morgan fingerprint density at radius 1 is 1.25 bits per heavy atom. The molecule has 3 heterocycles. The van der Waals surface area contributed by atoms with E-state index in [2.05, 4.69) is 15.2 Å². The van der Waals surface area contributed by atoms with Gasteiger partial charge in [-0.3, -0.25) is 9.59 Å². The minimum atomic E-state index is -0.230. The average Bonchev–Trinajstić information content (AvgIpc) is 3.29. The van der Waals surface area contributed by atoms with Crippen molar-refractivity contribution in [2.75, 3.05) is 19.0 Å². The van der Waals surface area contributed by atoms with Gasteiger partial charge < -0.3 is 4.90 Å². The number of rotatable bonds is 4. The normalized spacial score (nSPS) is 14.2. The van der Waals surface area contributed by atoms with E-state index in [4.69, 9.17) is 0 Å². The molecule has 1 fully saturated rings. The van der Waals surface area contributed by atoms with Crippen LogP contribution >= 0.6 is 11.3 Å². The molecule has 0 saturated heterocycles. The Bertz CT molecular complexity index is 1030. The molecule has 0 N–H and O–H groups in total. The van der Waals surface area contributed by atoms with E-state index in [0.29, 0.717) is 16.6 Å². The third kappa shape index (κ3) is 2.71. The molecular weight excluding hydrogens is 328 g/mol. The summed E-state index contributed by atoms with van der Waals surface area (Å²) in [6.07, 6.45) is 3.86. The van der Waals surface area contributed by atoms with Gasteiger partial charge in [-0.05, 0) is 12.8 Å². The van der Waals surface area contributed by atoms with Crippen LogP contribution in [-0.4, -0.2) is 38.5 Å². The average molecular weight is 344 g/mol. The first-order chi connectivity index (χ1) is 11.5. The Hall–Kier alpha value is -2.55. The van der Waals surface area contributed by atoms with Crippen LogP contribution in [0.5, 0.6) is 0 Å². The summed E-state index contributed by atoms with van der Waals surface area (Å²) < 4.78 is 2.64. The van der Waals surface area contributed by atoms with E-state index >= 15 is 0 Å². The van der Waals surface area contributed by atoms with Crippen LogP contribution in [0.15, 0.2) is 27.9 Å². The Morgan fingerprint density at radius 3 is 2.71 bits per heavy atom. The van der Waals surface area contributed by atoms with E-state index in [1.165, 1.54) is 32.7 Å². The van der Waals surface area contributed by atoms with Gasteiger partial charge in [0.25, 0.3) is 11.1 Å². The smallest absolute Gasteiger partial charge is 0.275 e. The Kier molecular flexibility index (Phi) is 3.45. The lowest BCUT2D eigenvalue weighted by Gasteiger charge is -2.12. The number of anilines is 1. The van der Waals surface area contributed by atoms with E-state index < -0.39 is 0 Å². The molecule has 0 unspecified atom stereocenters. The first-order valence-corrected chi connectivity index (χ1v) is 8.47. The van der Waals surface area contributed by atoms with Crippen LogP contribution in [0.1, 0.15) is 29.5 Å². The molecule has 0 atom stereocenters. The summed E-state index contributed by atoms with van der Waals surface area (Å²) in [5, 5.41) is 9.45. The molecule has 0 radical (unpaired) electrons. The lowest BCUT2D eigenvalue weighted by Crippen LogP contribution is -2.26. The van der Waals surface area contributed by atoms with Crippen LogP contribution in [-0.2, 0) is 6.54 Å². The minimum Gasteiger partial charge on any atom is -0.376 e. The van der Waals surface area contributed by atoms with Gasteiger partial charge in [0.15, 0.2) is 0 Å². The molecule has 0 spiro atoms. The molecule has 0 bridgehead atoms. The highest BCUT2D eigenvalue weighted by Crippen LogP contribution is 2.41. The monoisotopic (exact) mass is 344 g/mol. The second-order valence-corrected chi connectivity index (χ2v) is 7.09. The van der Waals surface area contributed by atoms with Gasteiger partial charge >= 0.3 is 0 Å². The summed E-state index contributed by atoms with van der Waals surface area (Å²) in [6, 6.07) is 2.92. The number of hydrogen-bond acceptors (Lipinski definition) is 7. The Labute approximate surface area is 141 Å². The van der Waals surface area contributed by atoms with E-state index in [1.54, 1.807) is 6.20 Å². The standard InChI is InChI=1S/C15H16N6O2S/c1-19(2)11-6-12(22)20(16-7-11)8-10-5-13(23)21-15(17-10)24-14(18-21)9-3-4-9/h5-7,9H,3-4,8H2,1-2H3. The summed E-state index contributed by atoms with van der Waals surface area (Å²) in [7, 11) is 3.69. The predicted octanol–water partition coefficient (Wildman–Crippen LogP) is 0.699. The number of aromatic nitrogens is 5. The van der Waals surface area contributed by atoms with Gasteiger partial charge in [-0.15, -0.1) is 0 Å². The summed E-state index contributed by atoms with van der Waals surface area (Å²) in [4.78, 5) is 31.2. The van der Waals surface area contributed by atoms with E-state index in [0.717, 1.165) is 23.5 Å². The molecule has 3 aromatic heterocycles. The van der Waals surface area contributed by atoms with Gasteiger partial charge in [-0.1, -0.05) is 11.3 Å². The maximum absolute atomic E-state index is 12.2. The third-order valence-electron chi connectivity index (χ3n) is 3.92. The Morgan fingerprint density at radius 2 is 2.04 bits per heavy atom. The highest BCUT2D eigenvalue weighted by atomic mass is 32.1. The second kappa shape index (κ2) is 5.52. The van der Waals surface area contributed by atoms with Gasteiger partial charge in [0.05, 0.1) is 24.1 Å². The fourth-order valence-corrected chi connectivity index (χ4v) is 3.48. The van der Waals surface area contributed by atoms with Crippen molar-refractivity contribution in [3.63, 3.8) is 0 Å². The maximum atomic E-state index is 12.2. The minimum absolute atomic E-state index is 0.162. The van der Waals surface area contributed by atoms with E-state index in [-0.39, 0.29) is 17.7 Å². The largest absolute Gasteiger partial charge is 0.376 e. The molecule has 1 saturated carbocycles. The summed E-state index contributed by atoms with van der Waals surface area (Å²) in [6.45, 7) is 0.162. The van der Waals surface area contributed by atoms with Crippen LogP contribution in [0.3, 0.4) is 0 Å². The highest BCUT2D eigenvalue weighted by Gasteiger charge is 2.28. The van der Waals surface area contributed by atoms with Gasteiger partial charge in [-0.25, -0.2) is 9.67 Å². The quantitative estimate of drug-likeness (QED) is 0.693. The molecule has 3 aromatic rings. The van der Waals surface area contributed by atoms with Crippen molar-refractivity contribution in [3.05, 3.63) is 49.7 Å². The molecule has 0 aliphatic heterocycles. The van der Waals surface area contributed by atoms with Crippen molar-refractivity contribution in [2.45, 2.75) is 25.3 Å². The van der Waals surface area contributed by atoms with Gasteiger partial charge in [0, 0.05) is 32.1 Å². The maximum Gasteiger partial charge on any atom is 0.275 e.